The van der Waals surface area contributed by atoms with Gasteiger partial charge in [0.25, 0.3) is 0 Å². The molecule has 1 saturated heterocycles. The molecule has 17 heavy (non-hydrogen) atoms. The molecule has 1 aliphatic heterocycles. The molecule has 6 heteroatoms. The van der Waals surface area contributed by atoms with Crippen LogP contribution in [0.1, 0.15) is 27.2 Å². The van der Waals surface area contributed by atoms with Crippen molar-refractivity contribution in [1.82, 2.24) is 4.90 Å². The van der Waals surface area contributed by atoms with Gasteiger partial charge >= 0.3 is 12.2 Å². The van der Waals surface area contributed by atoms with Gasteiger partial charge in [-0.1, -0.05) is 0 Å². The molecule has 1 heterocycles. The highest BCUT2D eigenvalue weighted by Crippen LogP contribution is 2.19. The second kappa shape index (κ2) is 5.25. The molecule has 1 rings (SSSR count). The molecule has 1 atom stereocenters. The number of ether oxygens (including phenoxy) is 2. The molecule has 0 aromatic carbocycles. The lowest BCUT2D eigenvalue weighted by molar-refractivity contribution is 0.0283. The average Bonchev–Trinajstić information content (AvgIpc) is 2.60. The molecule has 0 radical (unpaired) electrons. The summed E-state index contributed by atoms with van der Waals surface area (Å²) in [6, 6.07) is 0. The molecule has 0 aromatic rings. The largest absolute Gasteiger partial charge is 0.449 e. The third kappa shape index (κ3) is 4.93. The van der Waals surface area contributed by atoms with Gasteiger partial charge in [0.15, 0.2) is 0 Å². The minimum absolute atomic E-state index is 0.148. The highest BCUT2D eigenvalue weighted by Gasteiger charge is 2.30. The molecule has 0 aromatic heterocycles. The summed E-state index contributed by atoms with van der Waals surface area (Å²) in [6.45, 7) is 6.91. The van der Waals surface area contributed by atoms with Crippen molar-refractivity contribution in [3.8, 4) is 0 Å². The van der Waals surface area contributed by atoms with Gasteiger partial charge in [-0.2, -0.15) is 0 Å². The Hall–Kier alpha value is -1.46. The normalized spacial score (nSPS) is 20.2. The molecule has 98 valence electrons. The summed E-state index contributed by atoms with van der Waals surface area (Å²) in [6.07, 6.45) is -0.299. The maximum absolute atomic E-state index is 11.7. The van der Waals surface area contributed by atoms with Crippen LogP contribution in [0.15, 0.2) is 0 Å². The quantitative estimate of drug-likeness (QED) is 0.794. The molecule has 0 spiro atoms. The Bertz CT molecular complexity index is 298. The Morgan fingerprint density at radius 3 is 2.59 bits per heavy atom. The zero-order chi connectivity index (χ0) is 13.1. The van der Waals surface area contributed by atoms with Crippen LogP contribution in [0.5, 0.6) is 0 Å². The van der Waals surface area contributed by atoms with Crippen LogP contribution in [0.25, 0.3) is 0 Å². The highest BCUT2D eigenvalue weighted by atomic mass is 16.6. The van der Waals surface area contributed by atoms with Gasteiger partial charge in [-0.05, 0) is 27.2 Å². The summed E-state index contributed by atoms with van der Waals surface area (Å²) >= 11 is 0. The van der Waals surface area contributed by atoms with E-state index in [4.69, 9.17) is 15.2 Å². The maximum atomic E-state index is 11.7. The summed E-state index contributed by atoms with van der Waals surface area (Å²) in [7, 11) is 0. The van der Waals surface area contributed by atoms with Crippen molar-refractivity contribution in [2.75, 3.05) is 19.7 Å². The Morgan fingerprint density at radius 1 is 1.41 bits per heavy atom. The predicted octanol–water partition coefficient (Wildman–Crippen LogP) is 1.34. The van der Waals surface area contributed by atoms with Crippen molar-refractivity contribution in [2.45, 2.75) is 32.8 Å². The van der Waals surface area contributed by atoms with E-state index >= 15 is 0 Å². The number of amides is 2. The SMILES string of the molecule is CC(C)(C)OC(=O)N1CC[C@@H](COC(N)=O)C1. The van der Waals surface area contributed by atoms with Crippen LogP contribution in [0.2, 0.25) is 0 Å². The minimum atomic E-state index is -0.777. The van der Waals surface area contributed by atoms with Gasteiger partial charge in [0, 0.05) is 19.0 Å². The van der Waals surface area contributed by atoms with E-state index in [1.807, 2.05) is 20.8 Å². The van der Waals surface area contributed by atoms with Crippen molar-refractivity contribution in [2.24, 2.45) is 11.7 Å². The van der Waals surface area contributed by atoms with E-state index in [-0.39, 0.29) is 18.6 Å². The van der Waals surface area contributed by atoms with Gasteiger partial charge in [0.1, 0.15) is 5.60 Å². The van der Waals surface area contributed by atoms with Crippen molar-refractivity contribution in [3.05, 3.63) is 0 Å². The summed E-state index contributed by atoms with van der Waals surface area (Å²) in [5, 5.41) is 0. The average molecular weight is 244 g/mol. The molecule has 2 amide bonds. The fourth-order valence-electron chi connectivity index (χ4n) is 1.66. The number of likely N-dealkylation sites (tertiary alicyclic amines) is 1. The van der Waals surface area contributed by atoms with Crippen molar-refractivity contribution in [1.29, 1.82) is 0 Å². The molecule has 2 N–H and O–H groups in total. The van der Waals surface area contributed by atoms with E-state index in [1.54, 1.807) is 4.90 Å². The Morgan fingerprint density at radius 2 is 2.06 bits per heavy atom. The van der Waals surface area contributed by atoms with E-state index in [9.17, 15) is 9.59 Å². The van der Waals surface area contributed by atoms with Crippen LogP contribution < -0.4 is 5.73 Å². The molecule has 0 unspecified atom stereocenters. The monoisotopic (exact) mass is 244 g/mol. The highest BCUT2D eigenvalue weighted by molar-refractivity contribution is 5.68. The van der Waals surface area contributed by atoms with E-state index in [0.29, 0.717) is 13.1 Å². The number of primary amides is 1. The lowest BCUT2D eigenvalue weighted by Gasteiger charge is -2.24. The molecule has 0 bridgehead atoms. The van der Waals surface area contributed by atoms with Crippen LogP contribution in [-0.4, -0.2) is 42.4 Å². The van der Waals surface area contributed by atoms with Crippen molar-refractivity contribution < 1.29 is 19.1 Å². The lowest BCUT2D eigenvalue weighted by Crippen LogP contribution is -2.35. The summed E-state index contributed by atoms with van der Waals surface area (Å²) in [4.78, 5) is 23.8. The van der Waals surface area contributed by atoms with Crippen LogP contribution >= 0.6 is 0 Å². The van der Waals surface area contributed by atoms with Crippen molar-refractivity contribution in [3.63, 3.8) is 0 Å². The summed E-state index contributed by atoms with van der Waals surface area (Å²) in [5.74, 6) is 0.148. The standard InChI is InChI=1S/C11H20N2O4/c1-11(2,3)17-10(15)13-5-4-8(6-13)7-16-9(12)14/h8H,4-7H2,1-3H3,(H2,12,14)/t8-/m1/s1. The lowest BCUT2D eigenvalue weighted by atomic mass is 10.1. The van der Waals surface area contributed by atoms with Crippen LogP contribution in [0.3, 0.4) is 0 Å². The minimum Gasteiger partial charge on any atom is -0.449 e. The number of nitrogens with two attached hydrogens (primary N) is 1. The first kappa shape index (κ1) is 13.6. The van der Waals surface area contributed by atoms with Gasteiger partial charge in [0.2, 0.25) is 0 Å². The van der Waals surface area contributed by atoms with Crippen molar-refractivity contribution >= 4 is 12.2 Å². The number of hydrogen-bond acceptors (Lipinski definition) is 4. The van der Waals surface area contributed by atoms with E-state index in [0.717, 1.165) is 6.42 Å². The topological polar surface area (TPSA) is 81.9 Å². The first-order valence-corrected chi connectivity index (χ1v) is 5.68. The number of rotatable bonds is 2. The fourth-order valence-corrected chi connectivity index (χ4v) is 1.66. The van der Waals surface area contributed by atoms with Crippen LogP contribution in [0, 0.1) is 5.92 Å². The van der Waals surface area contributed by atoms with Gasteiger partial charge in [-0.3, -0.25) is 0 Å². The number of carbonyl (C=O) groups is 2. The molecule has 0 saturated carbocycles. The molecular formula is C11H20N2O4. The molecule has 1 fully saturated rings. The van der Waals surface area contributed by atoms with E-state index < -0.39 is 11.7 Å². The summed E-state index contributed by atoms with van der Waals surface area (Å²) in [5.41, 5.74) is 4.39. The molecule has 1 aliphatic rings. The predicted molar refractivity (Wildman–Crippen MR) is 61.4 cm³/mol. The Labute approximate surface area is 101 Å². The van der Waals surface area contributed by atoms with Crippen LogP contribution in [0.4, 0.5) is 9.59 Å². The fraction of sp³-hybridized carbons (Fsp3) is 0.818. The van der Waals surface area contributed by atoms with E-state index in [2.05, 4.69) is 0 Å². The van der Waals surface area contributed by atoms with Gasteiger partial charge in [0.05, 0.1) is 6.61 Å². The second-order valence-electron chi connectivity index (χ2n) is 5.21. The smallest absolute Gasteiger partial charge is 0.410 e. The first-order chi connectivity index (χ1) is 7.78. The van der Waals surface area contributed by atoms with Gasteiger partial charge in [-0.25, -0.2) is 9.59 Å². The molecular weight excluding hydrogens is 224 g/mol. The van der Waals surface area contributed by atoms with Gasteiger partial charge < -0.3 is 20.1 Å². The number of hydrogen-bond donors (Lipinski definition) is 1. The Kier molecular flexibility index (Phi) is 4.20. The third-order valence-corrected chi connectivity index (χ3v) is 2.40. The maximum Gasteiger partial charge on any atom is 0.410 e. The number of carbonyl (C=O) groups excluding carboxylic acids is 2. The van der Waals surface area contributed by atoms with Gasteiger partial charge in [-0.15, -0.1) is 0 Å². The molecule has 6 nitrogen and oxygen atoms in total. The second-order valence-corrected chi connectivity index (χ2v) is 5.21. The first-order valence-electron chi connectivity index (χ1n) is 5.68. The van der Waals surface area contributed by atoms with Crippen LogP contribution in [-0.2, 0) is 9.47 Å². The Balaban J connectivity index is 2.34. The number of nitrogens with zero attached hydrogens (tertiary/aromatic N) is 1. The molecule has 0 aliphatic carbocycles. The zero-order valence-corrected chi connectivity index (χ0v) is 10.6. The zero-order valence-electron chi connectivity index (χ0n) is 10.6. The summed E-state index contributed by atoms with van der Waals surface area (Å²) < 4.78 is 9.96. The van der Waals surface area contributed by atoms with E-state index in [1.165, 1.54) is 0 Å². The third-order valence-electron chi connectivity index (χ3n) is 2.40.